The van der Waals surface area contributed by atoms with Gasteiger partial charge in [-0.1, -0.05) is 37.6 Å². The third-order valence-electron chi connectivity index (χ3n) is 9.85. The molecule has 1 aliphatic carbocycles. The Bertz CT molecular complexity index is 1980. The van der Waals surface area contributed by atoms with E-state index in [1.54, 1.807) is 12.1 Å². The molecule has 0 aromatic heterocycles. The number of hydrogen-bond acceptors (Lipinski definition) is 7. The van der Waals surface area contributed by atoms with Gasteiger partial charge < -0.3 is 24.6 Å². The lowest BCUT2D eigenvalue weighted by Gasteiger charge is -2.26. The maximum Gasteiger partial charge on any atom is 0.343 e. The molecule has 3 aliphatic rings. The molecule has 0 radical (unpaired) electrons. The molecule has 0 bridgehead atoms. The zero-order valence-electron chi connectivity index (χ0n) is 32.0. The molecule has 8 nitrogen and oxygen atoms in total. The molecule has 2 aliphatic heterocycles. The van der Waals surface area contributed by atoms with Crippen molar-refractivity contribution in [2.75, 3.05) is 19.0 Å². The normalized spacial score (nSPS) is 20.1. The number of phenolic OH excluding ortho intramolecular Hbond substituents is 2. The lowest BCUT2D eigenvalue weighted by atomic mass is 9.78. The zero-order valence-corrected chi connectivity index (χ0v) is 32.8. The maximum atomic E-state index is 13.3. The van der Waals surface area contributed by atoms with Crippen LogP contribution in [0.1, 0.15) is 120 Å². The predicted molar refractivity (Wildman–Crippen MR) is 204 cm³/mol. The second-order valence-electron chi connectivity index (χ2n) is 16.7. The van der Waals surface area contributed by atoms with Gasteiger partial charge in [-0.2, -0.15) is 4.58 Å². The first-order valence-electron chi connectivity index (χ1n) is 17.5. The third kappa shape index (κ3) is 6.99. The van der Waals surface area contributed by atoms with Crippen LogP contribution in [0.5, 0.6) is 11.5 Å². The molecule has 0 amide bonds. The molecule has 0 unspecified atom stereocenters. The van der Waals surface area contributed by atoms with Gasteiger partial charge in [-0.25, -0.2) is 9.59 Å². The highest BCUT2D eigenvalue weighted by Gasteiger charge is 2.48. The molecule has 0 fully saturated rings. The largest absolute Gasteiger partial charge is 0.507 e. The van der Waals surface area contributed by atoms with Gasteiger partial charge in [-0.15, -0.1) is 0 Å². The summed E-state index contributed by atoms with van der Waals surface area (Å²) < 4.78 is 13.4. The maximum absolute atomic E-state index is 13.3. The van der Waals surface area contributed by atoms with Crippen LogP contribution in [-0.2, 0) is 20.3 Å². The summed E-state index contributed by atoms with van der Waals surface area (Å²) in [4.78, 5) is 28.7. The molecule has 9 heteroatoms. The molecule has 272 valence electrons. The number of carbonyl (C=O) groups is 2. The minimum Gasteiger partial charge on any atom is -0.507 e. The number of ether oxygens (including phenoxy) is 2. The fourth-order valence-electron chi connectivity index (χ4n) is 7.62. The van der Waals surface area contributed by atoms with Crippen molar-refractivity contribution in [2.45, 2.75) is 111 Å². The van der Waals surface area contributed by atoms with Gasteiger partial charge in [-0.05, 0) is 110 Å². The summed E-state index contributed by atoms with van der Waals surface area (Å²) in [7, 11) is 3.92. The molecular weight excluding hydrogens is 664 g/mol. The Hall–Kier alpha value is -4.30. The standard InChI is InChI=1S/C42H51ClN2O6/c1-39(2,3)50-37(48)32-28(46)20-18-26-34(32)41(7,8)30(44(26)11)22-16-24-14-13-15-25(36(24)43)17-23-31-42(9,10)35-27(45(31)12)19-21-29(47)33(35)38(49)51-40(4,5)6/h16-23H,13-15H2,1-12H3,(H-,46,47,48,49)/p+1. The first-order valence-corrected chi connectivity index (χ1v) is 17.9. The van der Waals surface area contributed by atoms with Crippen LogP contribution in [0.4, 0.5) is 11.4 Å². The minimum absolute atomic E-state index is 0.103. The predicted octanol–water partition coefficient (Wildman–Crippen LogP) is 9.49. The van der Waals surface area contributed by atoms with E-state index in [0.717, 1.165) is 64.3 Å². The van der Waals surface area contributed by atoms with Crippen LogP contribution in [-0.4, -0.2) is 57.7 Å². The lowest BCUT2D eigenvalue weighted by Crippen LogP contribution is -2.30. The molecule has 2 aromatic rings. The van der Waals surface area contributed by atoms with Gasteiger partial charge in [0, 0.05) is 46.6 Å². The number of likely N-dealkylation sites (N-methyl/N-ethyl adjacent to an activating group) is 1. The minimum atomic E-state index is -0.711. The first kappa shape index (κ1) is 37.9. The highest BCUT2D eigenvalue weighted by atomic mass is 35.5. The topological polar surface area (TPSA) is 99.3 Å². The second kappa shape index (κ2) is 13.0. The number of aromatic hydroxyl groups is 2. The van der Waals surface area contributed by atoms with Crippen molar-refractivity contribution < 1.29 is 33.9 Å². The Kier molecular flexibility index (Phi) is 9.70. The monoisotopic (exact) mass is 715 g/mol. The number of phenols is 2. The van der Waals surface area contributed by atoms with Gasteiger partial charge in [0.15, 0.2) is 5.71 Å². The van der Waals surface area contributed by atoms with Crippen LogP contribution in [0.2, 0.25) is 0 Å². The van der Waals surface area contributed by atoms with E-state index >= 15 is 0 Å². The van der Waals surface area contributed by atoms with Crippen molar-refractivity contribution >= 4 is 40.6 Å². The van der Waals surface area contributed by atoms with Crippen LogP contribution in [0.25, 0.3) is 0 Å². The van der Waals surface area contributed by atoms with Gasteiger partial charge in [0.1, 0.15) is 40.9 Å². The SMILES string of the molecule is CN1/C(=C/C=C2\CCCC(/C=C/C3=[N+](C)c4ccc(O)c(C(=O)OC(C)(C)C)c4C3(C)C)=C2Cl)C(C)(C)c2c1ccc(O)c2C(=O)OC(C)(C)C. The molecule has 0 atom stereocenters. The van der Waals surface area contributed by atoms with Gasteiger partial charge >= 0.3 is 11.9 Å². The Labute approximate surface area is 307 Å². The average molecular weight is 716 g/mol. The van der Waals surface area contributed by atoms with Crippen molar-refractivity contribution in [3.05, 3.63) is 92.7 Å². The summed E-state index contributed by atoms with van der Waals surface area (Å²) in [6.45, 7) is 19.0. The summed E-state index contributed by atoms with van der Waals surface area (Å²) in [5.74, 6) is -1.31. The van der Waals surface area contributed by atoms with E-state index in [-0.39, 0.29) is 22.6 Å². The summed E-state index contributed by atoms with van der Waals surface area (Å²) in [6, 6.07) is 6.76. The van der Waals surface area contributed by atoms with E-state index in [4.69, 9.17) is 21.1 Å². The van der Waals surface area contributed by atoms with E-state index in [0.29, 0.717) is 5.03 Å². The molecule has 0 saturated heterocycles. The van der Waals surface area contributed by atoms with Crippen molar-refractivity contribution in [1.82, 2.24) is 0 Å². The number of carbonyl (C=O) groups excluding carboxylic acids is 2. The summed E-state index contributed by atoms with van der Waals surface area (Å²) >= 11 is 7.12. The molecule has 2 N–H and O–H groups in total. The number of anilines is 1. The number of hydrogen-bond donors (Lipinski definition) is 2. The van der Waals surface area contributed by atoms with E-state index < -0.39 is 34.0 Å². The molecule has 0 spiro atoms. The molecule has 2 heterocycles. The van der Waals surface area contributed by atoms with Crippen molar-refractivity contribution in [3.63, 3.8) is 0 Å². The summed E-state index contributed by atoms with van der Waals surface area (Å²) in [6.07, 6.45) is 10.8. The Morgan fingerprint density at radius 1 is 0.824 bits per heavy atom. The Balaban J connectivity index is 1.48. The van der Waals surface area contributed by atoms with E-state index in [1.807, 2.05) is 95.5 Å². The number of halogens is 1. The van der Waals surface area contributed by atoms with Crippen LogP contribution in [0.3, 0.4) is 0 Å². The quantitative estimate of drug-likeness (QED) is 0.235. The van der Waals surface area contributed by atoms with Crippen LogP contribution in [0, 0.1) is 0 Å². The van der Waals surface area contributed by atoms with E-state index in [9.17, 15) is 19.8 Å². The fraction of sp³-hybridized carbons (Fsp3) is 0.452. The van der Waals surface area contributed by atoms with Gasteiger partial charge in [0.2, 0.25) is 5.69 Å². The summed E-state index contributed by atoms with van der Waals surface area (Å²) in [5.41, 5.74) is 4.77. The van der Waals surface area contributed by atoms with E-state index in [1.165, 1.54) is 0 Å². The van der Waals surface area contributed by atoms with Crippen LogP contribution in [0.15, 0.2) is 70.4 Å². The smallest absolute Gasteiger partial charge is 0.343 e. The molecular formula is C42H52ClN2O6+. The summed E-state index contributed by atoms with van der Waals surface area (Å²) in [5, 5.41) is 22.4. The second-order valence-corrected chi connectivity index (χ2v) is 17.1. The Morgan fingerprint density at radius 3 is 1.94 bits per heavy atom. The molecule has 5 rings (SSSR count). The third-order valence-corrected chi connectivity index (χ3v) is 10.3. The van der Waals surface area contributed by atoms with Gasteiger partial charge in [0.25, 0.3) is 0 Å². The van der Waals surface area contributed by atoms with Crippen LogP contribution < -0.4 is 4.90 Å². The number of esters is 2. The molecule has 2 aromatic carbocycles. The Morgan fingerprint density at radius 2 is 1.37 bits per heavy atom. The highest BCUT2D eigenvalue weighted by molar-refractivity contribution is 6.32. The zero-order chi connectivity index (χ0) is 38.0. The lowest BCUT2D eigenvalue weighted by molar-refractivity contribution is -0.401. The number of fused-ring (bicyclic) bond motifs is 2. The van der Waals surface area contributed by atoms with Crippen LogP contribution >= 0.6 is 11.6 Å². The van der Waals surface area contributed by atoms with E-state index in [2.05, 4.69) is 33.8 Å². The first-order chi connectivity index (χ1) is 23.5. The number of benzene rings is 2. The van der Waals surface area contributed by atoms with Crippen molar-refractivity contribution in [2.24, 2.45) is 0 Å². The molecule has 51 heavy (non-hydrogen) atoms. The average Bonchev–Trinajstić information content (AvgIpc) is 3.30. The molecule has 0 saturated carbocycles. The van der Waals surface area contributed by atoms with Crippen molar-refractivity contribution in [3.8, 4) is 11.5 Å². The van der Waals surface area contributed by atoms with Gasteiger partial charge in [-0.3, -0.25) is 0 Å². The fourth-order valence-corrected chi connectivity index (χ4v) is 7.93. The van der Waals surface area contributed by atoms with Gasteiger partial charge in [0.05, 0.1) is 11.0 Å². The van der Waals surface area contributed by atoms with Crippen molar-refractivity contribution in [1.29, 1.82) is 0 Å². The highest BCUT2D eigenvalue weighted by Crippen LogP contribution is 2.51. The number of nitrogens with zero attached hydrogens (tertiary/aromatic N) is 2. The number of allylic oxidation sites excluding steroid dienone is 8. The number of rotatable bonds is 5.